The van der Waals surface area contributed by atoms with Crippen LogP contribution in [0, 0.1) is 0 Å². The number of piperidine rings is 1. The lowest BCUT2D eigenvalue weighted by molar-refractivity contribution is -0.171. The summed E-state index contributed by atoms with van der Waals surface area (Å²) in [5, 5.41) is 25.9. The number of para-hydroxylation sites is 1. The topological polar surface area (TPSA) is 57.9 Å². The first-order valence-corrected chi connectivity index (χ1v) is 13.8. The molecule has 38 heavy (non-hydrogen) atoms. The largest absolute Gasteiger partial charge is 0.504 e. The molecule has 6 heteroatoms. The van der Waals surface area contributed by atoms with Gasteiger partial charge in [0.2, 0.25) is 0 Å². The van der Waals surface area contributed by atoms with Gasteiger partial charge in [-0.2, -0.15) is 0 Å². The molecule has 0 radical (unpaired) electrons. The van der Waals surface area contributed by atoms with Crippen LogP contribution in [0.25, 0.3) is 10.9 Å². The fraction of sp³-hybridized carbons (Fsp3) is 0.312. The van der Waals surface area contributed by atoms with Crippen molar-refractivity contribution in [2.24, 2.45) is 0 Å². The Morgan fingerprint density at radius 3 is 2.76 bits per heavy atom. The van der Waals surface area contributed by atoms with Crippen molar-refractivity contribution in [3.8, 4) is 11.5 Å². The molecular formula is C32H29ClN2O3. The number of aromatic nitrogens is 1. The van der Waals surface area contributed by atoms with E-state index in [1.54, 1.807) is 6.07 Å². The zero-order chi connectivity index (χ0) is 25.8. The Kier molecular flexibility index (Phi) is 4.58. The Hall–Kier alpha value is -3.25. The second-order valence-corrected chi connectivity index (χ2v) is 11.7. The zero-order valence-electron chi connectivity index (χ0n) is 21.0. The van der Waals surface area contributed by atoms with Gasteiger partial charge < -0.3 is 19.5 Å². The highest BCUT2D eigenvalue weighted by atomic mass is 35.5. The summed E-state index contributed by atoms with van der Waals surface area (Å²) in [7, 11) is 0. The van der Waals surface area contributed by atoms with Gasteiger partial charge in [-0.3, -0.25) is 4.90 Å². The van der Waals surface area contributed by atoms with Crippen LogP contribution < -0.4 is 4.74 Å². The number of phenolic OH excluding ortho intramolecular Hbond substituents is 1. The summed E-state index contributed by atoms with van der Waals surface area (Å²) in [5.74, 6) is 0.695. The molecule has 4 aliphatic rings. The molecule has 2 aliphatic heterocycles. The third-order valence-electron chi connectivity index (χ3n) is 9.79. The van der Waals surface area contributed by atoms with E-state index >= 15 is 0 Å². The minimum atomic E-state index is -1.04. The summed E-state index contributed by atoms with van der Waals surface area (Å²) in [4.78, 5) is 2.39. The number of aliphatic hydroxyl groups is 1. The van der Waals surface area contributed by atoms with E-state index in [9.17, 15) is 10.2 Å². The van der Waals surface area contributed by atoms with E-state index in [0.29, 0.717) is 18.7 Å². The number of aromatic hydroxyl groups is 1. The van der Waals surface area contributed by atoms with Gasteiger partial charge in [0.05, 0.1) is 16.7 Å². The zero-order valence-corrected chi connectivity index (χ0v) is 21.8. The van der Waals surface area contributed by atoms with Gasteiger partial charge in [0.15, 0.2) is 17.6 Å². The standard InChI is InChI=1S/C32H29ClN2O3/c1-2-14-34-15-13-31-27-19-11-12-25(36)29(27)38-30(31)28-22(17-32(31,37)26(34)16-19)21-8-4-6-10-24(21)35(28)18-20-7-3-5-9-23(20)33/h2-12,26,30,36-37H,1,13-18H2/t26-,30-,31-,32+/m0/s1. The molecule has 2 bridgehead atoms. The van der Waals surface area contributed by atoms with Crippen LogP contribution in [0.1, 0.15) is 40.5 Å². The van der Waals surface area contributed by atoms with E-state index in [1.807, 2.05) is 30.3 Å². The van der Waals surface area contributed by atoms with Gasteiger partial charge in [0, 0.05) is 53.6 Å². The molecule has 3 heterocycles. The van der Waals surface area contributed by atoms with Crippen LogP contribution in [-0.4, -0.2) is 44.4 Å². The van der Waals surface area contributed by atoms with Gasteiger partial charge in [0.1, 0.15) is 0 Å². The Labute approximate surface area is 226 Å². The van der Waals surface area contributed by atoms with Crippen LogP contribution in [0.4, 0.5) is 0 Å². The number of rotatable bonds is 4. The second-order valence-electron chi connectivity index (χ2n) is 11.3. The lowest BCUT2D eigenvalue weighted by Crippen LogP contribution is -2.74. The van der Waals surface area contributed by atoms with Crippen LogP contribution in [-0.2, 0) is 24.8 Å². The number of fused-ring (bicyclic) bond motifs is 4. The molecule has 8 rings (SSSR count). The first kappa shape index (κ1) is 22.7. The van der Waals surface area contributed by atoms with E-state index in [2.05, 4.69) is 46.4 Å². The number of hydrogen-bond acceptors (Lipinski definition) is 4. The molecule has 3 aromatic carbocycles. The molecule has 1 saturated heterocycles. The highest BCUT2D eigenvalue weighted by Crippen LogP contribution is 2.69. The van der Waals surface area contributed by atoms with Crippen molar-refractivity contribution < 1.29 is 14.9 Å². The van der Waals surface area contributed by atoms with E-state index in [1.165, 1.54) is 5.56 Å². The Balaban J connectivity index is 1.43. The molecule has 1 fully saturated rings. The molecule has 4 aromatic rings. The lowest BCUT2D eigenvalue weighted by atomic mass is 9.49. The average molecular weight is 525 g/mol. The molecule has 2 aliphatic carbocycles. The molecule has 4 atom stereocenters. The first-order chi connectivity index (χ1) is 18.5. The Bertz CT molecular complexity index is 1660. The smallest absolute Gasteiger partial charge is 0.166 e. The van der Waals surface area contributed by atoms with Crippen molar-refractivity contribution in [1.82, 2.24) is 9.47 Å². The Morgan fingerprint density at radius 2 is 1.92 bits per heavy atom. The Morgan fingerprint density at radius 1 is 1.11 bits per heavy atom. The van der Waals surface area contributed by atoms with Gasteiger partial charge >= 0.3 is 0 Å². The van der Waals surface area contributed by atoms with Gasteiger partial charge in [-0.1, -0.05) is 60.1 Å². The van der Waals surface area contributed by atoms with Gasteiger partial charge in [0.25, 0.3) is 0 Å². The highest BCUT2D eigenvalue weighted by molar-refractivity contribution is 6.31. The number of hydrogen-bond donors (Lipinski definition) is 2. The number of halogens is 1. The number of nitrogens with zero attached hydrogens (tertiary/aromatic N) is 2. The van der Waals surface area contributed by atoms with E-state index in [-0.39, 0.29) is 11.8 Å². The summed E-state index contributed by atoms with van der Waals surface area (Å²) in [6, 6.07) is 20.1. The molecule has 1 spiro atoms. The van der Waals surface area contributed by atoms with Crippen molar-refractivity contribution in [2.45, 2.75) is 49.0 Å². The number of benzene rings is 3. The minimum Gasteiger partial charge on any atom is -0.504 e. The quantitative estimate of drug-likeness (QED) is 0.345. The van der Waals surface area contributed by atoms with Crippen LogP contribution in [0.2, 0.25) is 5.02 Å². The van der Waals surface area contributed by atoms with E-state index in [4.69, 9.17) is 16.3 Å². The summed E-state index contributed by atoms with van der Waals surface area (Å²) >= 11 is 6.65. The summed E-state index contributed by atoms with van der Waals surface area (Å²) in [6.45, 7) is 6.17. The average Bonchev–Trinajstić information content (AvgIpc) is 3.41. The maximum Gasteiger partial charge on any atom is 0.166 e. The van der Waals surface area contributed by atoms with Crippen molar-refractivity contribution >= 4 is 22.5 Å². The van der Waals surface area contributed by atoms with Crippen molar-refractivity contribution in [2.75, 3.05) is 13.1 Å². The summed E-state index contributed by atoms with van der Waals surface area (Å²) < 4.78 is 9.17. The fourth-order valence-corrected chi connectivity index (χ4v) is 8.50. The van der Waals surface area contributed by atoms with Gasteiger partial charge in [-0.25, -0.2) is 0 Å². The number of phenols is 1. The van der Waals surface area contributed by atoms with E-state index < -0.39 is 17.1 Å². The minimum absolute atomic E-state index is 0.0674. The SMILES string of the molecule is C=CCN1CC[C@]23c4c5ccc(O)c4O[C@H]2c2c(c4ccccc4n2Cc2ccccc2Cl)C[C@@]3(O)[C@@H]1C5. The third-order valence-corrected chi connectivity index (χ3v) is 10.2. The lowest BCUT2D eigenvalue weighted by Gasteiger charge is -2.62. The molecule has 0 unspecified atom stereocenters. The monoisotopic (exact) mass is 524 g/mol. The van der Waals surface area contributed by atoms with E-state index in [0.717, 1.165) is 64.2 Å². The number of likely N-dealkylation sites (tertiary alicyclic amines) is 1. The van der Waals surface area contributed by atoms with Crippen molar-refractivity contribution in [3.63, 3.8) is 0 Å². The molecule has 192 valence electrons. The van der Waals surface area contributed by atoms with Crippen molar-refractivity contribution in [3.05, 3.63) is 106 Å². The predicted molar refractivity (Wildman–Crippen MR) is 148 cm³/mol. The molecule has 0 saturated carbocycles. The summed E-state index contributed by atoms with van der Waals surface area (Å²) in [5.41, 5.74) is 4.87. The van der Waals surface area contributed by atoms with Gasteiger partial charge in [-0.05, 0) is 47.7 Å². The van der Waals surface area contributed by atoms with Crippen LogP contribution >= 0.6 is 11.6 Å². The van der Waals surface area contributed by atoms with Crippen LogP contribution in [0.3, 0.4) is 0 Å². The maximum absolute atomic E-state index is 13.0. The molecule has 2 N–H and O–H groups in total. The molecule has 5 nitrogen and oxygen atoms in total. The van der Waals surface area contributed by atoms with Crippen molar-refractivity contribution in [1.29, 1.82) is 0 Å². The van der Waals surface area contributed by atoms with Crippen LogP contribution in [0.5, 0.6) is 11.5 Å². The van der Waals surface area contributed by atoms with Gasteiger partial charge in [-0.15, -0.1) is 6.58 Å². The van der Waals surface area contributed by atoms with Crippen LogP contribution in [0.15, 0.2) is 73.3 Å². The highest BCUT2D eigenvalue weighted by Gasteiger charge is 2.73. The molecular weight excluding hydrogens is 496 g/mol. The second kappa shape index (κ2) is 7.66. The molecule has 0 amide bonds. The third kappa shape index (κ3) is 2.60. The maximum atomic E-state index is 13.0. The predicted octanol–water partition coefficient (Wildman–Crippen LogP) is 5.52. The normalized spacial score (nSPS) is 28.6. The first-order valence-electron chi connectivity index (χ1n) is 13.4. The number of ether oxygens (including phenoxy) is 1. The fourth-order valence-electron chi connectivity index (χ4n) is 8.30. The molecule has 1 aromatic heterocycles. The summed E-state index contributed by atoms with van der Waals surface area (Å²) in [6.07, 6.45) is 3.52.